The first-order chi connectivity index (χ1) is 11.5. The summed E-state index contributed by atoms with van der Waals surface area (Å²) in [5.74, 6) is 0.315. The number of carbonyl (C=O) groups is 1. The largest absolute Gasteiger partial charge is 0.368 e. The molecule has 6 nitrogen and oxygen atoms in total. The Morgan fingerprint density at radius 3 is 2.62 bits per heavy atom. The van der Waals surface area contributed by atoms with Gasteiger partial charge < -0.3 is 11.1 Å². The highest BCUT2D eigenvalue weighted by molar-refractivity contribution is 5.83. The van der Waals surface area contributed by atoms with Gasteiger partial charge in [0.2, 0.25) is 5.91 Å². The van der Waals surface area contributed by atoms with E-state index in [0.29, 0.717) is 12.2 Å². The number of benzene rings is 1. The molecule has 3 rings (SSSR count). The molecule has 0 unspecified atom stereocenters. The summed E-state index contributed by atoms with van der Waals surface area (Å²) in [4.78, 5) is 16.5. The van der Waals surface area contributed by atoms with E-state index in [4.69, 9.17) is 5.73 Å². The number of aromatic nitrogens is 3. The Bertz CT molecular complexity index is 885. The van der Waals surface area contributed by atoms with Crippen LogP contribution in [-0.2, 0) is 11.2 Å². The van der Waals surface area contributed by atoms with Gasteiger partial charge in [-0.2, -0.15) is 9.61 Å². The number of anilines is 1. The van der Waals surface area contributed by atoms with Crippen LogP contribution in [-0.4, -0.2) is 26.5 Å². The summed E-state index contributed by atoms with van der Waals surface area (Å²) in [5, 5.41) is 7.75. The number of carbonyl (C=O) groups excluding carboxylic acids is 1. The Morgan fingerprint density at radius 2 is 1.96 bits per heavy atom. The number of fused-ring (bicyclic) bond motifs is 1. The van der Waals surface area contributed by atoms with Gasteiger partial charge in [0, 0.05) is 23.7 Å². The van der Waals surface area contributed by atoms with E-state index in [0.717, 1.165) is 28.2 Å². The van der Waals surface area contributed by atoms with Gasteiger partial charge in [0.1, 0.15) is 11.9 Å². The van der Waals surface area contributed by atoms with Gasteiger partial charge in [-0.1, -0.05) is 30.3 Å². The summed E-state index contributed by atoms with van der Waals surface area (Å²) < 4.78 is 1.73. The molecule has 0 bridgehead atoms. The van der Waals surface area contributed by atoms with Gasteiger partial charge in [0.05, 0.1) is 5.69 Å². The number of rotatable bonds is 5. The molecule has 124 valence electrons. The average molecular weight is 323 g/mol. The molecule has 2 heterocycles. The fraction of sp³-hybridized carbons (Fsp3) is 0.278. The lowest BCUT2D eigenvalue weighted by molar-refractivity contribution is -0.118. The predicted octanol–water partition coefficient (Wildman–Crippen LogP) is 2.16. The first kappa shape index (κ1) is 16.0. The van der Waals surface area contributed by atoms with Crippen molar-refractivity contribution < 1.29 is 4.79 Å². The molecule has 0 radical (unpaired) electrons. The molecule has 0 fully saturated rings. The molecule has 2 aromatic heterocycles. The number of hydrogen-bond acceptors (Lipinski definition) is 4. The van der Waals surface area contributed by atoms with Crippen LogP contribution in [0.1, 0.15) is 22.5 Å². The average Bonchev–Trinajstić information content (AvgIpc) is 2.83. The van der Waals surface area contributed by atoms with Crippen LogP contribution in [0.3, 0.4) is 0 Å². The minimum absolute atomic E-state index is 0.401. The van der Waals surface area contributed by atoms with Crippen molar-refractivity contribution in [3.05, 3.63) is 58.9 Å². The van der Waals surface area contributed by atoms with E-state index in [-0.39, 0.29) is 0 Å². The second-order valence-electron chi connectivity index (χ2n) is 6.02. The van der Waals surface area contributed by atoms with Gasteiger partial charge >= 0.3 is 0 Å². The van der Waals surface area contributed by atoms with Crippen LogP contribution in [0.15, 0.2) is 36.4 Å². The second-order valence-corrected chi connectivity index (χ2v) is 6.02. The minimum atomic E-state index is -0.526. The fourth-order valence-corrected chi connectivity index (χ4v) is 2.70. The Balaban J connectivity index is 1.97. The lowest BCUT2D eigenvalue weighted by Crippen LogP contribution is -2.37. The maximum Gasteiger partial charge on any atom is 0.240 e. The molecule has 0 aliphatic carbocycles. The summed E-state index contributed by atoms with van der Waals surface area (Å²) in [6.45, 7) is 5.85. The van der Waals surface area contributed by atoms with E-state index in [1.165, 1.54) is 0 Å². The number of hydrogen-bond donors (Lipinski definition) is 2. The van der Waals surface area contributed by atoms with Crippen LogP contribution >= 0.6 is 0 Å². The predicted molar refractivity (Wildman–Crippen MR) is 93.9 cm³/mol. The Kier molecular flexibility index (Phi) is 4.20. The monoisotopic (exact) mass is 323 g/mol. The van der Waals surface area contributed by atoms with Crippen molar-refractivity contribution in [2.75, 3.05) is 5.32 Å². The summed E-state index contributed by atoms with van der Waals surface area (Å²) >= 11 is 0. The zero-order valence-electron chi connectivity index (χ0n) is 14.1. The van der Waals surface area contributed by atoms with Gasteiger partial charge in [-0.05, 0) is 26.3 Å². The van der Waals surface area contributed by atoms with Crippen molar-refractivity contribution in [3.63, 3.8) is 0 Å². The number of nitrogens with zero attached hydrogens (tertiary/aromatic N) is 3. The molecular formula is C18H21N5O. The van der Waals surface area contributed by atoms with Crippen molar-refractivity contribution in [3.8, 4) is 0 Å². The Morgan fingerprint density at radius 1 is 1.25 bits per heavy atom. The van der Waals surface area contributed by atoms with E-state index >= 15 is 0 Å². The first-order valence-electron chi connectivity index (χ1n) is 7.89. The third kappa shape index (κ3) is 3.08. The molecule has 0 aliphatic heterocycles. The molecule has 1 amide bonds. The van der Waals surface area contributed by atoms with Crippen LogP contribution in [0.5, 0.6) is 0 Å². The zero-order chi connectivity index (χ0) is 17.3. The van der Waals surface area contributed by atoms with E-state index in [2.05, 4.69) is 15.4 Å². The Labute approximate surface area is 140 Å². The summed E-state index contributed by atoms with van der Waals surface area (Å²) in [5.41, 5.74) is 10.2. The number of nitrogens with two attached hydrogens (primary N) is 1. The van der Waals surface area contributed by atoms with Crippen LogP contribution in [0.4, 0.5) is 5.82 Å². The number of nitrogens with one attached hydrogen (secondary N) is 1. The molecule has 3 N–H and O–H groups in total. The van der Waals surface area contributed by atoms with Crippen LogP contribution in [0.2, 0.25) is 0 Å². The van der Waals surface area contributed by atoms with E-state index in [1.807, 2.05) is 57.2 Å². The molecule has 0 saturated heterocycles. The second kappa shape index (κ2) is 6.31. The van der Waals surface area contributed by atoms with Crippen molar-refractivity contribution in [2.45, 2.75) is 33.2 Å². The molecule has 0 aliphatic rings. The topological polar surface area (TPSA) is 85.3 Å². The van der Waals surface area contributed by atoms with E-state index in [1.54, 1.807) is 4.52 Å². The minimum Gasteiger partial charge on any atom is -0.368 e. The van der Waals surface area contributed by atoms with Crippen molar-refractivity contribution in [1.82, 2.24) is 14.6 Å². The standard InChI is InChI=1S/C18H21N5O/c1-11-9-16(23-18(20-11)12(2)13(3)22-23)21-15(17(19)24)10-14-7-5-4-6-8-14/h4-9,15,21H,10H2,1-3H3,(H2,19,24)/t15-/m0/s1. The van der Waals surface area contributed by atoms with Crippen molar-refractivity contribution >= 4 is 17.4 Å². The number of amides is 1. The molecule has 0 saturated carbocycles. The summed E-state index contributed by atoms with van der Waals surface area (Å²) in [6, 6.07) is 11.1. The number of aryl methyl sites for hydroxylation is 3. The van der Waals surface area contributed by atoms with Crippen LogP contribution in [0, 0.1) is 20.8 Å². The third-order valence-electron chi connectivity index (χ3n) is 4.13. The van der Waals surface area contributed by atoms with Gasteiger partial charge in [0.15, 0.2) is 5.65 Å². The molecule has 1 atom stereocenters. The van der Waals surface area contributed by atoms with E-state index < -0.39 is 11.9 Å². The van der Waals surface area contributed by atoms with E-state index in [9.17, 15) is 4.79 Å². The summed E-state index contributed by atoms with van der Waals surface area (Å²) in [7, 11) is 0. The molecule has 6 heteroatoms. The SMILES string of the molecule is Cc1cc(N[C@@H](Cc2ccccc2)C(N)=O)n2nc(C)c(C)c2n1. The highest BCUT2D eigenvalue weighted by Gasteiger charge is 2.19. The lowest BCUT2D eigenvalue weighted by atomic mass is 10.1. The Hall–Kier alpha value is -2.89. The molecular weight excluding hydrogens is 302 g/mol. The van der Waals surface area contributed by atoms with Gasteiger partial charge in [0.25, 0.3) is 0 Å². The number of primary amides is 1. The third-order valence-corrected chi connectivity index (χ3v) is 4.13. The molecule has 3 aromatic rings. The van der Waals surface area contributed by atoms with Crippen LogP contribution in [0.25, 0.3) is 5.65 Å². The lowest BCUT2D eigenvalue weighted by Gasteiger charge is -2.18. The van der Waals surface area contributed by atoms with Crippen molar-refractivity contribution in [1.29, 1.82) is 0 Å². The molecule has 24 heavy (non-hydrogen) atoms. The van der Waals surface area contributed by atoms with Gasteiger partial charge in [-0.25, -0.2) is 4.98 Å². The molecule has 0 spiro atoms. The molecule has 1 aromatic carbocycles. The summed E-state index contributed by atoms with van der Waals surface area (Å²) in [6.07, 6.45) is 0.512. The quantitative estimate of drug-likeness (QED) is 0.753. The fourth-order valence-electron chi connectivity index (χ4n) is 2.70. The van der Waals surface area contributed by atoms with Gasteiger partial charge in [-0.3, -0.25) is 4.79 Å². The smallest absolute Gasteiger partial charge is 0.240 e. The maximum absolute atomic E-state index is 11.9. The highest BCUT2D eigenvalue weighted by atomic mass is 16.1. The maximum atomic E-state index is 11.9. The van der Waals surface area contributed by atoms with Crippen LogP contribution < -0.4 is 11.1 Å². The first-order valence-corrected chi connectivity index (χ1v) is 7.89. The zero-order valence-corrected chi connectivity index (χ0v) is 14.1. The normalized spacial score (nSPS) is 12.3. The van der Waals surface area contributed by atoms with Crippen molar-refractivity contribution in [2.24, 2.45) is 5.73 Å². The van der Waals surface area contributed by atoms with Gasteiger partial charge in [-0.15, -0.1) is 0 Å². The highest BCUT2D eigenvalue weighted by Crippen LogP contribution is 2.19.